The fourth-order valence-corrected chi connectivity index (χ4v) is 3.78. The molecular weight excluding hydrogens is 376 g/mol. The van der Waals surface area contributed by atoms with Crippen LogP contribution in [0.15, 0.2) is 53.9 Å². The predicted molar refractivity (Wildman–Crippen MR) is 122 cm³/mol. The Morgan fingerprint density at radius 3 is 2.50 bits per heavy atom. The second kappa shape index (κ2) is 7.57. The highest BCUT2D eigenvalue weighted by molar-refractivity contribution is 6.13. The maximum Gasteiger partial charge on any atom is 0.129 e. The highest BCUT2D eigenvalue weighted by Gasteiger charge is 2.30. The van der Waals surface area contributed by atoms with E-state index in [4.69, 9.17) is 15.4 Å². The standard InChI is InChI=1S/C23H28N6O/c1-23(2,3)28-15-12-29(13-15)22-8-7-19-20(27-22)6-5-18(26-19)16-9-14(11-25-4)17(24)10-21(16)30/h5-11,15,24-25,28,30H,12-13H2,1-4H3/b14-11-,24-17?. The first-order valence-electron chi connectivity index (χ1n) is 10.1. The van der Waals surface area contributed by atoms with Crippen molar-refractivity contribution in [1.29, 1.82) is 5.41 Å². The zero-order valence-corrected chi connectivity index (χ0v) is 17.8. The Hall–Kier alpha value is -3.19. The Kier molecular flexibility index (Phi) is 5.07. The van der Waals surface area contributed by atoms with E-state index in [2.05, 4.69) is 36.3 Å². The van der Waals surface area contributed by atoms with E-state index in [0.717, 1.165) is 29.9 Å². The molecule has 30 heavy (non-hydrogen) atoms. The number of hydrogen-bond acceptors (Lipinski definition) is 7. The fraction of sp³-hybridized carbons (Fsp3) is 0.348. The number of anilines is 1. The molecule has 156 valence electrons. The van der Waals surface area contributed by atoms with Gasteiger partial charge in [0.2, 0.25) is 0 Å². The third kappa shape index (κ3) is 4.07. The molecule has 1 aliphatic carbocycles. The molecule has 0 bridgehead atoms. The lowest BCUT2D eigenvalue weighted by Crippen LogP contribution is -2.62. The summed E-state index contributed by atoms with van der Waals surface area (Å²) < 4.78 is 0. The Morgan fingerprint density at radius 2 is 1.80 bits per heavy atom. The van der Waals surface area contributed by atoms with E-state index >= 15 is 0 Å². The van der Waals surface area contributed by atoms with Crippen LogP contribution >= 0.6 is 0 Å². The molecule has 7 heteroatoms. The van der Waals surface area contributed by atoms with Crippen molar-refractivity contribution in [1.82, 2.24) is 20.6 Å². The third-order valence-corrected chi connectivity index (χ3v) is 5.11. The SMILES string of the molecule is CN/C=C1/C=C(c2ccc3nc(N4CC(NC(C)(C)C)C4)ccc3n2)C(O)=CC1=N. The maximum absolute atomic E-state index is 10.3. The number of aliphatic hydroxyl groups excluding tert-OH is 1. The molecule has 0 unspecified atom stereocenters. The van der Waals surface area contributed by atoms with Crippen LogP contribution in [-0.4, -0.2) is 52.5 Å². The summed E-state index contributed by atoms with van der Waals surface area (Å²) in [6.45, 7) is 8.44. The molecular formula is C23H28N6O. The molecule has 0 amide bonds. The minimum absolute atomic E-state index is 0.0441. The summed E-state index contributed by atoms with van der Waals surface area (Å²) in [4.78, 5) is 11.7. The molecule has 0 atom stereocenters. The maximum atomic E-state index is 10.3. The molecule has 1 aliphatic heterocycles. The highest BCUT2D eigenvalue weighted by atomic mass is 16.3. The van der Waals surface area contributed by atoms with Crippen LogP contribution < -0.4 is 15.5 Å². The molecule has 0 saturated carbocycles. The number of aliphatic hydroxyl groups is 1. The summed E-state index contributed by atoms with van der Waals surface area (Å²) in [5, 5.41) is 24.9. The number of fused-ring (bicyclic) bond motifs is 1. The van der Waals surface area contributed by atoms with Gasteiger partial charge in [0.15, 0.2) is 0 Å². The molecule has 1 saturated heterocycles. The number of pyridine rings is 2. The normalized spacial score (nSPS) is 19.0. The van der Waals surface area contributed by atoms with Crippen LogP contribution in [0.5, 0.6) is 0 Å². The van der Waals surface area contributed by atoms with E-state index in [9.17, 15) is 5.11 Å². The molecule has 7 nitrogen and oxygen atoms in total. The van der Waals surface area contributed by atoms with E-state index in [1.54, 1.807) is 19.3 Å². The molecule has 2 aromatic heterocycles. The van der Waals surface area contributed by atoms with Crippen LogP contribution in [0.3, 0.4) is 0 Å². The lowest BCUT2D eigenvalue weighted by atomic mass is 9.96. The van der Waals surface area contributed by atoms with Crippen molar-refractivity contribution in [2.75, 3.05) is 25.0 Å². The Labute approximate surface area is 176 Å². The number of aromatic nitrogens is 2. The molecule has 2 aromatic rings. The van der Waals surface area contributed by atoms with Gasteiger partial charge in [-0.15, -0.1) is 0 Å². The number of hydrogen-bond donors (Lipinski definition) is 4. The van der Waals surface area contributed by atoms with Crippen LogP contribution in [0.1, 0.15) is 26.5 Å². The summed E-state index contributed by atoms with van der Waals surface area (Å²) in [5.41, 5.74) is 3.90. The largest absolute Gasteiger partial charge is 0.507 e. The summed E-state index contributed by atoms with van der Waals surface area (Å²) >= 11 is 0. The second-order valence-corrected chi connectivity index (χ2v) is 8.79. The van der Waals surface area contributed by atoms with Crippen molar-refractivity contribution in [3.63, 3.8) is 0 Å². The van der Waals surface area contributed by atoms with Gasteiger partial charge in [-0.1, -0.05) is 0 Å². The zero-order valence-electron chi connectivity index (χ0n) is 17.8. The summed E-state index contributed by atoms with van der Waals surface area (Å²) in [7, 11) is 1.78. The highest BCUT2D eigenvalue weighted by Crippen LogP contribution is 2.28. The van der Waals surface area contributed by atoms with Gasteiger partial charge in [0, 0.05) is 55.1 Å². The molecule has 0 spiro atoms. The number of allylic oxidation sites excluding steroid dienone is 4. The second-order valence-electron chi connectivity index (χ2n) is 8.79. The van der Waals surface area contributed by atoms with Crippen LogP contribution in [0, 0.1) is 5.41 Å². The first-order chi connectivity index (χ1) is 14.2. The topological polar surface area (TPSA) is 97.2 Å². The van der Waals surface area contributed by atoms with Crippen molar-refractivity contribution in [3.05, 3.63) is 59.6 Å². The van der Waals surface area contributed by atoms with Gasteiger partial charge in [-0.05, 0) is 51.1 Å². The van der Waals surface area contributed by atoms with Crippen molar-refractivity contribution in [2.24, 2.45) is 0 Å². The van der Waals surface area contributed by atoms with Gasteiger partial charge in [-0.25, -0.2) is 9.97 Å². The van der Waals surface area contributed by atoms with E-state index in [1.807, 2.05) is 24.3 Å². The Bertz CT molecular complexity index is 1090. The molecule has 0 radical (unpaired) electrons. The molecule has 2 aliphatic rings. The number of nitrogens with one attached hydrogen (secondary N) is 3. The number of nitrogens with zero attached hydrogens (tertiary/aromatic N) is 3. The van der Waals surface area contributed by atoms with Gasteiger partial charge in [-0.2, -0.15) is 0 Å². The Balaban J connectivity index is 1.56. The number of rotatable bonds is 4. The Morgan fingerprint density at radius 1 is 1.10 bits per heavy atom. The summed E-state index contributed by atoms with van der Waals surface area (Å²) in [6, 6.07) is 8.25. The van der Waals surface area contributed by atoms with Gasteiger partial charge in [0.25, 0.3) is 0 Å². The van der Waals surface area contributed by atoms with Crippen molar-refractivity contribution in [2.45, 2.75) is 32.4 Å². The van der Waals surface area contributed by atoms with Gasteiger partial charge >= 0.3 is 0 Å². The van der Waals surface area contributed by atoms with Crippen molar-refractivity contribution in [3.8, 4) is 0 Å². The molecule has 3 heterocycles. The lowest BCUT2D eigenvalue weighted by Gasteiger charge is -2.43. The van der Waals surface area contributed by atoms with Crippen LogP contribution in [-0.2, 0) is 0 Å². The minimum atomic E-state index is 0.0441. The van der Waals surface area contributed by atoms with Crippen molar-refractivity contribution >= 4 is 28.1 Å². The van der Waals surface area contributed by atoms with Crippen LogP contribution in [0.2, 0.25) is 0 Å². The quantitative estimate of drug-likeness (QED) is 0.625. The zero-order chi connectivity index (χ0) is 21.5. The molecule has 0 aromatic carbocycles. The summed E-state index contributed by atoms with van der Waals surface area (Å²) in [6.07, 6.45) is 4.94. The van der Waals surface area contributed by atoms with Gasteiger partial charge in [-0.3, -0.25) is 0 Å². The van der Waals surface area contributed by atoms with E-state index in [0.29, 0.717) is 22.9 Å². The van der Waals surface area contributed by atoms with Crippen LogP contribution in [0.4, 0.5) is 5.82 Å². The fourth-order valence-electron chi connectivity index (χ4n) is 3.78. The first kappa shape index (κ1) is 20.1. The monoisotopic (exact) mass is 404 g/mol. The van der Waals surface area contributed by atoms with Crippen LogP contribution in [0.25, 0.3) is 16.6 Å². The lowest BCUT2D eigenvalue weighted by molar-refractivity contribution is 0.315. The average Bonchev–Trinajstić information content (AvgIpc) is 2.65. The predicted octanol–water partition coefficient (Wildman–Crippen LogP) is 3.17. The van der Waals surface area contributed by atoms with E-state index in [1.165, 1.54) is 6.08 Å². The first-order valence-corrected chi connectivity index (χ1v) is 10.1. The average molecular weight is 405 g/mol. The van der Waals surface area contributed by atoms with E-state index < -0.39 is 0 Å². The minimum Gasteiger partial charge on any atom is -0.507 e. The molecule has 1 fully saturated rings. The van der Waals surface area contributed by atoms with Gasteiger partial charge < -0.3 is 26.0 Å². The van der Waals surface area contributed by atoms with E-state index in [-0.39, 0.29) is 17.0 Å². The van der Waals surface area contributed by atoms with Gasteiger partial charge in [0.05, 0.1) is 22.4 Å². The summed E-state index contributed by atoms with van der Waals surface area (Å²) in [5.74, 6) is 0.999. The molecule has 4 N–H and O–H groups in total. The van der Waals surface area contributed by atoms with Crippen molar-refractivity contribution < 1.29 is 5.11 Å². The smallest absolute Gasteiger partial charge is 0.129 e. The third-order valence-electron chi connectivity index (χ3n) is 5.11. The molecule has 4 rings (SSSR count). The van der Waals surface area contributed by atoms with Gasteiger partial charge in [0.1, 0.15) is 11.6 Å².